The molecular formula is C15H22N2O2. The second-order valence-electron chi connectivity index (χ2n) is 5.46. The third-order valence-electron chi connectivity index (χ3n) is 4.01. The van der Waals surface area contributed by atoms with Gasteiger partial charge in [-0.3, -0.25) is 4.90 Å². The molecule has 104 valence electrons. The Hall–Kier alpha value is -1.42. The number of methoxy groups -OCH3 is 2. The van der Waals surface area contributed by atoms with Gasteiger partial charge in [-0.2, -0.15) is 0 Å². The lowest BCUT2D eigenvalue weighted by Crippen LogP contribution is -2.27. The maximum atomic E-state index is 5.30. The minimum atomic E-state index is 0.539. The van der Waals surface area contributed by atoms with E-state index in [1.807, 2.05) is 18.2 Å². The standard InChI is InChI=1S/C15H22N2O2/c1-18-14-7-12(8-15(9-14)19-2)16-11-5-6-17(10-11)13-3-4-13/h7-9,11,13,16H,3-6,10H2,1-2H3. The molecule has 1 aromatic rings. The molecule has 0 aromatic heterocycles. The molecule has 3 rings (SSSR count). The number of rotatable bonds is 5. The Morgan fingerprint density at radius 3 is 2.32 bits per heavy atom. The zero-order chi connectivity index (χ0) is 13.2. The first-order valence-corrected chi connectivity index (χ1v) is 7.02. The molecule has 1 atom stereocenters. The summed E-state index contributed by atoms with van der Waals surface area (Å²) in [5.41, 5.74) is 1.08. The summed E-state index contributed by atoms with van der Waals surface area (Å²) in [4.78, 5) is 2.61. The van der Waals surface area contributed by atoms with Gasteiger partial charge in [-0.05, 0) is 19.3 Å². The van der Waals surface area contributed by atoms with Gasteiger partial charge in [0.05, 0.1) is 14.2 Å². The summed E-state index contributed by atoms with van der Waals surface area (Å²) in [6.45, 7) is 2.38. The van der Waals surface area contributed by atoms with E-state index >= 15 is 0 Å². The summed E-state index contributed by atoms with van der Waals surface area (Å²) in [6.07, 6.45) is 4.00. The van der Waals surface area contributed by atoms with Crippen molar-refractivity contribution >= 4 is 5.69 Å². The van der Waals surface area contributed by atoms with Crippen LogP contribution in [0.5, 0.6) is 11.5 Å². The molecule has 1 saturated heterocycles. The van der Waals surface area contributed by atoms with Crippen molar-refractivity contribution in [1.29, 1.82) is 0 Å². The van der Waals surface area contributed by atoms with E-state index in [4.69, 9.17) is 9.47 Å². The van der Waals surface area contributed by atoms with E-state index < -0.39 is 0 Å². The number of nitrogens with zero attached hydrogens (tertiary/aromatic N) is 1. The first kappa shape index (κ1) is 12.6. The maximum absolute atomic E-state index is 5.30. The maximum Gasteiger partial charge on any atom is 0.124 e. The number of anilines is 1. The van der Waals surface area contributed by atoms with E-state index in [9.17, 15) is 0 Å². The van der Waals surface area contributed by atoms with Gasteiger partial charge in [-0.15, -0.1) is 0 Å². The van der Waals surface area contributed by atoms with Crippen molar-refractivity contribution in [3.8, 4) is 11.5 Å². The third kappa shape index (κ3) is 2.95. The molecule has 1 N–H and O–H groups in total. The Morgan fingerprint density at radius 1 is 1.05 bits per heavy atom. The Balaban J connectivity index is 1.65. The van der Waals surface area contributed by atoms with Crippen LogP contribution in [0.4, 0.5) is 5.69 Å². The van der Waals surface area contributed by atoms with Crippen molar-refractivity contribution in [2.24, 2.45) is 0 Å². The Kier molecular flexibility index (Phi) is 3.51. The van der Waals surface area contributed by atoms with E-state index in [-0.39, 0.29) is 0 Å². The van der Waals surface area contributed by atoms with E-state index in [2.05, 4.69) is 10.2 Å². The van der Waals surface area contributed by atoms with Crippen molar-refractivity contribution in [3.63, 3.8) is 0 Å². The molecule has 1 aromatic carbocycles. The molecule has 2 fully saturated rings. The topological polar surface area (TPSA) is 33.7 Å². The van der Waals surface area contributed by atoms with Gasteiger partial charge >= 0.3 is 0 Å². The Morgan fingerprint density at radius 2 is 1.74 bits per heavy atom. The number of benzene rings is 1. The van der Waals surface area contributed by atoms with Crippen LogP contribution in [-0.4, -0.2) is 44.3 Å². The number of nitrogens with one attached hydrogen (secondary N) is 1. The summed E-state index contributed by atoms with van der Waals surface area (Å²) in [5.74, 6) is 1.66. The van der Waals surface area contributed by atoms with E-state index in [1.165, 1.54) is 25.8 Å². The van der Waals surface area contributed by atoms with Gasteiger partial charge in [0, 0.05) is 49.1 Å². The second-order valence-corrected chi connectivity index (χ2v) is 5.46. The number of ether oxygens (including phenoxy) is 2. The van der Waals surface area contributed by atoms with Gasteiger partial charge in [0.1, 0.15) is 11.5 Å². The fraction of sp³-hybridized carbons (Fsp3) is 0.600. The predicted molar refractivity (Wildman–Crippen MR) is 76.2 cm³/mol. The van der Waals surface area contributed by atoms with Gasteiger partial charge in [0.25, 0.3) is 0 Å². The molecule has 1 aliphatic carbocycles. The normalized spacial score (nSPS) is 23.4. The number of likely N-dealkylation sites (tertiary alicyclic amines) is 1. The second kappa shape index (κ2) is 5.29. The Bertz CT molecular complexity index is 424. The SMILES string of the molecule is COc1cc(NC2CCN(C3CC3)C2)cc(OC)c1. The molecule has 1 aliphatic heterocycles. The van der Waals surface area contributed by atoms with Gasteiger partial charge < -0.3 is 14.8 Å². The van der Waals surface area contributed by atoms with Gasteiger partial charge in [0.15, 0.2) is 0 Å². The van der Waals surface area contributed by atoms with E-state index in [0.29, 0.717) is 6.04 Å². The molecule has 1 heterocycles. The molecule has 0 bridgehead atoms. The molecule has 1 unspecified atom stereocenters. The molecule has 1 saturated carbocycles. The highest BCUT2D eigenvalue weighted by atomic mass is 16.5. The van der Waals surface area contributed by atoms with Crippen molar-refractivity contribution in [2.45, 2.75) is 31.3 Å². The molecular weight excluding hydrogens is 240 g/mol. The number of hydrogen-bond acceptors (Lipinski definition) is 4. The van der Waals surface area contributed by atoms with Gasteiger partial charge in [-0.25, -0.2) is 0 Å². The highest BCUT2D eigenvalue weighted by Gasteiger charge is 2.34. The van der Waals surface area contributed by atoms with Crippen molar-refractivity contribution in [2.75, 3.05) is 32.6 Å². The molecule has 4 heteroatoms. The average Bonchev–Trinajstić information content (AvgIpc) is 3.19. The van der Waals surface area contributed by atoms with Crippen LogP contribution in [0.15, 0.2) is 18.2 Å². The molecule has 0 amide bonds. The zero-order valence-corrected chi connectivity index (χ0v) is 11.7. The minimum absolute atomic E-state index is 0.539. The van der Waals surface area contributed by atoms with Crippen molar-refractivity contribution in [1.82, 2.24) is 4.90 Å². The first-order chi connectivity index (χ1) is 9.28. The minimum Gasteiger partial charge on any atom is -0.497 e. The largest absolute Gasteiger partial charge is 0.497 e. The smallest absolute Gasteiger partial charge is 0.124 e. The third-order valence-corrected chi connectivity index (χ3v) is 4.01. The zero-order valence-electron chi connectivity index (χ0n) is 11.7. The van der Waals surface area contributed by atoms with Crippen LogP contribution in [0, 0.1) is 0 Å². The molecule has 0 radical (unpaired) electrons. The molecule has 0 spiro atoms. The summed E-state index contributed by atoms with van der Waals surface area (Å²) >= 11 is 0. The summed E-state index contributed by atoms with van der Waals surface area (Å²) in [7, 11) is 3.37. The molecule has 2 aliphatic rings. The van der Waals surface area contributed by atoms with Gasteiger partial charge in [-0.1, -0.05) is 0 Å². The van der Waals surface area contributed by atoms with Crippen LogP contribution in [0.3, 0.4) is 0 Å². The fourth-order valence-electron chi connectivity index (χ4n) is 2.80. The van der Waals surface area contributed by atoms with Crippen molar-refractivity contribution < 1.29 is 9.47 Å². The van der Waals surface area contributed by atoms with Gasteiger partial charge in [0.2, 0.25) is 0 Å². The van der Waals surface area contributed by atoms with Crippen LogP contribution >= 0.6 is 0 Å². The monoisotopic (exact) mass is 262 g/mol. The lowest BCUT2D eigenvalue weighted by molar-refractivity contribution is 0.326. The first-order valence-electron chi connectivity index (χ1n) is 7.02. The highest BCUT2D eigenvalue weighted by Crippen LogP contribution is 2.32. The van der Waals surface area contributed by atoms with Crippen LogP contribution in [0.2, 0.25) is 0 Å². The number of hydrogen-bond donors (Lipinski definition) is 1. The molecule has 19 heavy (non-hydrogen) atoms. The molecule has 4 nitrogen and oxygen atoms in total. The predicted octanol–water partition coefficient (Wildman–Crippen LogP) is 2.35. The van der Waals surface area contributed by atoms with Crippen LogP contribution in [0.1, 0.15) is 19.3 Å². The lowest BCUT2D eigenvalue weighted by atomic mass is 10.2. The summed E-state index contributed by atoms with van der Waals surface area (Å²) in [5, 5.41) is 3.60. The van der Waals surface area contributed by atoms with E-state index in [0.717, 1.165) is 29.8 Å². The highest BCUT2D eigenvalue weighted by molar-refractivity contribution is 5.54. The Labute approximate surface area is 114 Å². The van der Waals surface area contributed by atoms with Crippen LogP contribution in [0.25, 0.3) is 0 Å². The summed E-state index contributed by atoms with van der Waals surface area (Å²) in [6, 6.07) is 7.37. The average molecular weight is 262 g/mol. The lowest BCUT2D eigenvalue weighted by Gasteiger charge is -2.17. The quantitative estimate of drug-likeness (QED) is 0.883. The van der Waals surface area contributed by atoms with Crippen LogP contribution in [-0.2, 0) is 0 Å². The summed E-state index contributed by atoms with van der Waals surface area (Å²) < 4.78 is 10.6. The van der Waals surface area contributed by atoms with Crippen LogP contribution < -0.4 is 14.8 Å². The fourth-order valence-corrected chi connectivity index (χ4v) is 2.80. The van der Waals surface area contributed by atoms with E-state index in [1.54, 1.807) is 14.2 Å². The van der Waals surface area contributed by atoms with Crippen molar-refractivity contribution in [3.05, 3.63) is 18.2 Å².